The molecule has 0 saturated heterocycles. The Morgan fingerprint density at radius 3 is 3.00 bits per heavy atom. The van der Waals surface area contributed by atoms with E-state index in [2.05, 4.69) is 6.07 Å². The van der Waals surface area contributed by atoms with Gasteiger partial charge >= 0.3 is 0 Å². The van der Waals surface area contributed by atoms with Gasteiger partial charge in [-0.15, -0.1) is 0 Å². The fraction of sp³-hybridized carbons (Fsp3) is 0.500. The van der Waals surface area contributed by atoms with Crippen molar-refractivity contribution in [2.24, 2.45) is 11.7 Å². The van der Waals surface area contributed by atoms with Crippen LogP contribution < -0.4 is 15.2 Å². The third kappa shape index (κ3) is 2.07. The van der Waals surface area contributed by atoms with Crippen molar-refractivity contribution < 1.29 is 9.47 Å². The van der Waals surface area contributed by atoms with Gasteiger partial charge in [0.05, 0.1) is 13.7 Å². The molecule has 3 nitrogen and oxygen atoms in total. The molecule has 0 radical (unpaired) electrons. The Balaban J connectivity index is 2.21. The molecule has 0 aromatic heterocycles. The third-order valence-corrected chi connectivity index (χ3v) is 2.95. The lowest BCUT2D eigenvalue weighted by Gasteiger charge is -2.27. The van der Waals surface area contributed by atoms with Crippen LogP contribution in [0.1, 0.15) is 12.5 Å². The molecule has 0 bridgehead atoms. The van der Waals surface area contributed by atoms with Crippen LogP contribution >= 0.6 is 0 Å². The van der Waals surface area contributed by atoms with Gasteiger partial charge in [0.2, 0.25) is 0 Å². The van der Waals surface area contributed by atoms with E-state index in [1.54, 1.807) is 7.11 Å². The zero-order chi connectivity index (χ0) is 10.8. The normalized spacial score (nSPS) is 21.4. The number of hydrogen-bond acceptors (Lipinski definition) is 3. The van der Waals surface area contributed by atoms with Crippen LogP contribution in [-0.4, -0.2) is 19.8 Å². The van der Waals surface area contributed by atoms with Crippen molar-refractivity contribution in [1.29, 1.82) is 0 Å². The van der Waals surface area contributed by atoms with Crippen molar-refractivity contribution in [3.8, 4) is 11.5 Å². The molecule has 2 N–H and O–H groups in total. The summed E-state index contributed by atoms with van der Waals surface area (Å²) in [6, 6.07) is 6.14. The quantitative estimate of drug-likeness (QED) is 0.801. The van der Waals surface area contributed by atoms with Crippen LogP contribution in [0.4, 0.5) is 0 Å². The van der Waals surface area contributed by atoms with E-state index in [0.717, 1.165) is 17.9 Å². The van der Waals surface area contributed by atoms with E-state index in [-0.39, 0.29) is 6.04 Å². The van der Waals surface area contributed by atoms with E-state index in [9.17, 15) is 0 Å². The van der Waals surface area contributed by atoms with Gasteiger partial charge in [-0.2, -0.15) is 0 Å². The Bertz CT molecular complexity index is 349. The first-order chi connectivity index (χ1) is 7.20. The molecule has 2 rings (SSSR count). The Morgan fingerprint density at radius 1 is 1.53 bits per heavy atom. The largest absolute Gasteiger partial charge is 0.497 e. The van der Waals surface area contributed by atoms with Crippen LogP contribution in [-0.2, 0) is 6.42 Å². The summed E-state index contributed by atoms with van der Waals surface area (Å²) in [5.41, 5.74) is 7.10. The fourth-order valence-electron chi connectivity index (χ4n) is 1.84. The highest BCUT2D eigenvalue weighted by molar-refractivity contribution is 5.42. The van der Waals surface area contributed by atoms with E-state index >= 15 is 0 Å². The molecular weight excluding hydrogens is 190 g/mol. The van der Waals surface area contributed by atoms with Gasteiger partial charge in [-0.05, 0) is 25.0 Å². The third-order valence-electron chi connectivity index (χ3n) is 2.95. The van der Waals surface area contributed by atoms with Gasteiger partial charge in [0.15, 0.2) is 0 Å². The van der Waals surface area contributed by atoms with Crippen molar-refractivity contribution in [3.63, 3.8) is 0 Å². The summed E-state index contributed by atoms with van der Waals surface area (Å²) in [4.78, 5) is 0. The first-order valence-electron chi connectivity index (χ1n) is 5.26. The minimum Gasteiger partial charge on any atom is -0.497 e. The zero-order valence-corrected chi connectivity index (χ0v) is 9.19. The molecule has 1 unspecified atom stereocenters. The smallest absolute Gasteiger partial charge is 0.126 e. The number of methoxy groups -OCH3 is 1. The van der Waals surface area contributed by atoms with E-state index in [0.29, 0.717) is 12.5 Å². The minimum atomic E-state index is 0.181. The Morgan fingerprint density at radius 2 is 2.33 bits per heavy atom. The summed E-state index contributed by atoms with van der Waals surface area (Å²) in [6.45, 7) is 2.74. The molecule has 0 aliphatic carbocycles. The zero-order valence-electron chi connectivity index (χ0n) is 9.19. The summed E-state index contributed by atoms with van der Waals surface area (Å²) in [5, 5.41) is 0. The molecule has 0 saturated carbocycles. The number of rotatable bonds is 2. The Hall–Kier alpha value is -1.22. The van der Waals surface area contributed by atoms with Crippen molar-refractivity contribution in [3.05, 3.63) is 23.8 Å². The molecular formula is C12H17NO2. The SMILES string of the molecule is COc1ccc2c(c1)OCC([C@@H](C)N)C2. The first kappa shape index (κ1) is 10.3. The van der Waals surface area contributed by atoms with Crippen LogP contribution in [0.2, 0.25) is 0 Å². The van der Waals surface area contributed by atoms with Gasteiger partial charge in [-0.25, -0.2) is 0 Å². The molecule has 1 aromatic carbocycles. The van der Waals surface area contributed by atoms with Gasteiger partial charge in [-0.3, -0.25) is 0 Å². The highest BCUT2D eigenvalue weighted by atomic mass is 16.5. The molecule has 3 heteroatoms. The molecule has 2 atom stereocenters. The van der Waals surface area contributed by atoms with Gasteiger partial charge < -0.3 is 15.2 Å². The summed E-state index contributed by atoms with van der Waals surface area (Å²) in [5.74, 6) is 2.20. The first-order valence-corrected chi connectivity index (χ1v) is 5.26. The molecule has 1 heterocycles. The van der Waals surface area contributed by atoms with Crippen LogP contribution in [0.5, 0.6) is 11.5 Å². The average Bonchev–Trinajstić information content (AvgIpc) is 2.27. The second kappa shape index (κ2) is 4.11. The van der Waals surface area contributed by atoms with Crippen molar-refractivity contribution >= 4 is 0 Å². The molecule has 0 spiro atoms. The summed E-state index contributed by atoms with van der Waals surface area (Å²) >= 11 is 0. The molecule has 15 heavy (non-hydrogen) atoms. The summed E-state index contributed by atoms with van der Waals surface area (Å²) < 4.78 is 10.8. The van der Waals surface area contributed by atoms with Gasteiger partial charge in [0.1, 0.15) is 11.5 Å². The second-order valence-corrected chi connectivity index (χ2v) is 4.11. The lowest BCUT2D eigenvalue weighted by atomic mass is 9.92. The molecule has 0 amide bonds. The highest BCUT2D eigenvalue weighted by Gasteiger charge is 2.22. The molecule has 1 aromatic rings. The van der Waals surface area contributed by atoms with Crippen LogP contribution in [0.25, 0.3) is 0 Å². The number of ether oxygens (including phenoxy) is 2. The maximum absolute atomic E-state index is 5.88. The van der Waals surface area contributed by atoms with Gasteiger partial charge in [0.25, 0.3) is 0 Å². The second-order valence-electron chi connectivity index (χ2n) is 4.11. The lowest BCUT2D eigenvalue weighted by molar-refractivity contribution is 0.203. The van der Waals surface area contributed by atoms with Crippen LogP contribution in [0, 0.1) is 5.92 Å². The van der Waals surface area contributed by atoms with E-state index in [1.165, 1.54) is 5.56 Å². The molecule has 1 aliphatic heterocycles. The van der Waals surface area contributed by atoms with Crippen molar-refractivity contribution in [2.45, 2.75) is 19.4 Å². The molecule has 0 fully saturated rings. The van der Waals surface area contributed by atoms with Crippen molar-refractivity contribution in [2.75, 3.05) is 13.7 Å². The van der Waals surface area contributed by atoms with E-state index < -0.39 is 0 Å². The fourth-order valence-corrected chi connectivity index (χ4v) is 1.84. The van der Waals surface area contributed by atoms with Crippen LogP contribution in [0.15, 0.2) is 18.2 Å². The summed E-state index contributed by atoms with van der Waals surface area (Å²) in [6.07, 6.45) is 0.997. The number of benzene rings is 1. The van der Waals surface area contributed by atoms with Gasteiger partial charge in [-0.1, -0.05) is 6.07 Å². The van der Waals surface area contributed by atoms with Crippen LogP contribution in [0.3, 0.4) is 0 Å². The predicted octanol–water partition coefficient (Wildman–Crippen LogP) is 1.59. The highest BCUT2D eigenvalue weighted by Crippen LogP contribution is 2.31. The topological polar surface area (TPSA) is 44.5 Å². The average molecular weight is 207 g/mol. The number of nitrogens with two attached hydrogens (primary N) is 1. The maximum atomic E-state index is 5.88. The van der Waals surface area contributed by atoms with E-state index in [4.69, 9.17) is 15.2 Å². The van der Waals surface area contributed by atoms with Gasteiger partial charge in [0, 0.05) is 18.0 Å². The summed E-state index contributed by atoms with van der Waals surface area (Å²) in [7, 11) is 1.66. The monoisotopic (exact) mass is 207 g/mol. The number of fused-ring (bicyclic) bond motifs is 1. The maximum Gasteiger partial charge on any atom is 0.126 e. The van der Waals surface area contributed by atoms with E-state index in [1.807, 2.05) is 19.1 Å². The minimum absolute atomic E-state index is 0.181. The Kier molecular flexibility index (Phi) is 2.82. The lowest BCUT2D eigenvalue weighted by Crippen LogP contribution is -2.35. The predicted molar refractivity (Wildman–Crippen MR) is 59.3 cm³/mol. The molecule has 1 aliphatic rings. The standard InChI is InChI=1S/C12H17NO2/c1-8(13)10-5-9-3-4-11(14-2)6-12(9)15-7-10/h3-4,6,8,10H,5,7,13H2,1-2H3/t8-,10?/m1/s1. The molecule has 82 valence electrons. The number of hydrogen-bond donors (Lipinski definition) is 1. The van der Waals surface area contributed by atoms with Crippen molar-refractivity contribution in [1.82, 2.24) is 0 Å². The Labute approximate surface area is 90.2 Å².